The minimum absolute atomic E-state index is 0.0751. The zero-order valence-electron chi connectivity index (χ0n) is 11.1. The highest BCUT2D eigenvalue weighted by Gasteiger charge is 2.20. The molecule has 1 aliphatic heterocycles. The van der Waals surface area contributed by atoms with Gasteiger partial charge in [0, 0.05) is 38.8 Å². The van der Waals surface area contributed by atoms with Crippen LogP contribution in [-0.4, -0.2) is 28.8 Å². The van der Waals surface area contributed by atoms with E-state index in [1.807, 2.05) is 42.5 Å². The predicted molar refractivity (Wildman–Crippen MR) is 75.2 cm³/mol. The predicted octanol–water partition coefficient (Wildman–Crippen LogP) is 1.87. The second-order valence-electron chi connectivity index (χ2n) is 4.73. The standard InChI is InChI=1S/C14H16N4O/c1-10(19)18-6-5-15-13-4-3-11(7-14(13)18)12-8-16-17(2)9-12/h3-4,7-9,15H,5-6H2,1-2H3. The topological polar surface area (TPSA) is 50.2 Å². The van der Waals surface area contributed by atoms with Crippen LogP contribution < -0.4 is 10.2 Å². The van der Waals surface area contributed by atoms with E-state index < -0.39 is 0 Å². The van der Waals surface area contributed by atoms with E-state index in [2.05, 4.69) is 10.4 Å². The first-order valence-electron chi connectivity index (χ1n) is 6.30. The van der Waals surface area contributed by atoms with Crippen molar-refractivity contribution in [3.8, 4) is 11.1 Å². The number of anilines is 2. The van der Waals surface area contributed by atoms with Crippen LogP contribution in [0.4, 0.5) is 11.4 Å². The molecule has 2 heterocycles. The Morgan fingerprint density at radius 2 is 2.21 bits per heavy atom. The molecule has 3 rings (SSSR count). The van der Waals surface area contributed by atoms with Crippen molar-refractivity contribution in [1.29, 1.82) is 0 Å². The van der Waals surface area contributed by atoms with E-state index in [0.29, 0.717) is 6.54 Å². The van der Waals surface area contributed by atoms with Crippen LogP contribution in [-0.2, 0) is 11.8 Å². The highest BCUT2D eigenvalue weighted by Crippen LogP contribution is 2.33. The maximum Gasteiger partial charge on any atom is 0.223 e. The van der Waals surface area contributed by atoms with Gasteiger partial charge >= 0.3 is 0 Å². The van der Waals surface area contributed by atoms with Crippen molar-refractivity contribution in [1.82, 2.24) is 9.78 Å². The molecule has 5 heteroatoms. The molecule has 19 heavy (non-hydrogen) atoms. The number of aryl methyl sites for hydroxylation is 1. The lowest BCUT2D eigenvalue weighted by atomic mass is 10.1. The Morgan fingerprint density at radius 1 is 1.37 bits per heavy atom. The smallest absolute Gasteiger partial charge is 0.223 e. The largest absolute Gasteiger partial charge is 0.382 e. The molecule has 0 radical (unpaired) electrons. The van der Waals surface area contributed by atoms with Crippen LogP contribution in [0, 0.1) is 0 Å². The van der Waals surface area contributed by atoms with Crippen molar-refractivity contribution >= 4 is 17.3 Å². The minimum Gasteiger partial charge on any atom is -0.382 e. The number of nitrogens with zero attached hydrogens (tertiary/aromatic N) is 3. The van der Waals surface area contributed by atoms with E-state index in [1.165, 1.54) is 0 Å². The van der Waals surface area contributed by atoms with Crippen LogP contribution in [0.5, 0.6) is 0 Å². The van der Waals surface area contributed by atoms with Gasteiger partial charge in [-0.1, -0.05) is 6.07 Å². The summed E-state index contributed by atoms with van der Waals surface area (Å²) in [4.78, 5) is 13.5. The van der Waals surface area contributed by atoms with Gasteiger partial charge in [0.25, 0.3) is 0 Å². The van der Waals surface area contributed by atoms with Crippen molar-refractivity contribution < 1.29 is 4.79 Å². The van der Waals surface area contributed by atoms with Gasteiger partial charge < -0.3 is 10.2 Å². The molecule has 1 aromatic carbocycles. The fraction of sp³-hybridized carbons (Fsp3) is 0.286. The molecule has 1 aromatic heterocycles. The van der Waals surface area contributed by atoms with Gasteiger partial charge in [-0.3, -0.25) is 9.48 Å². The minimum atomic E-state index is 0.0751. The molecule has 0 unspecified atom stereocenters. The third-order valence-corrected chi connectivity index (χ3v) is 3.36. The number of hydrogen-bond donors (Lipinski definition) is 1. The number of benzene rings is 1. The quantitative estimate of drug-likeness (QED) is 0.847. The van der Waals surface area contributed by atoms with E-state index in [4.69, 9.17) is 0 Å². The first kappa shape index (κ1) is 11.8. The SMILES string of the molecule is CC(=O)N1CCNc2ccc(-c3cnn(C)c3)cc21. The molecule has 1 amide bonds. The van der Waals surface area contributed by atoms with Gasteiger partial charge in [0.15, 0.2) is 0 Å². The van der Waals surface area contributed by atoms with Crippen molar-refractivity contribution in [2.24, 2.45) is 7.05 Å². The van der Waals surface area contributed by atoms with Crippen LogP contribution in [0.1, 0.15) is 6.92 Å². The summed E-state index contributed by atoms with van der Waals surface area (Å²) in [7, 11) is 1.89. The number of rotatable bonds is 1. The second-order valence-corrected chi connectivity index (χ2v) is 4.73. The number of fused-ring (bicyclic) bond motifs is 1. The molecular weight excluding hydrogens is 240 g/mol. The Labute approximate surface area is 111 Å². The summed E-state index contributed by atoms with van der Waals surface area (Å²) in [6, 6.07) is 6.11. The lowest BCUT2D eigenvalue weighted by Gasteiger charge is -2.29. The molecule has 0 spiro atoms. The highest BCUT2D eigenvalue weighted by molar-refractivity contribution is 5.97. The van der Waals surface area contributed by atoms with Gasteiger partial charge in [0.1, 0.15) is 0 Å². The van der Waals surface area contributed by atoms with Crippen molar-refractivity contribution in [3.05, 3.63) is 30.6 Å². The third-order valence-electron chi connectivity index (χ3n) is 3.36. The summed E-state index contributed by atoms with van der Waals surface area (Å²) in [5.41, 5.74) is 4.08. The van der Waals surface area contributed by atoms with Crippen molar-refractivity contribution in [3.63, 3.8) is 0 Å². The lowest BCUT2D eigenvalue weighted by molar-refractivity contribution is -0.116. The van der Waals surface area contributed by atoms with Gasteiger partial charge in [0.2, 0.25) is 5.91 Å². The number of aromatic nitrogens is 2. The van der Waals surface area contributed by atoms with E-state index in [0.717, 1.165) is 29.0 Å². The molecule has 5 nitrogen and oxygen atoms in total. The molecule has 2 aromatic rings. The average Bonchev–Trinajstić information content (AvgIpc) is 2.84. The average molecular weight is 256 g/mol. The molecule has 0 saturated heterocycles. The van der Waals surface area contributed by atoms with E-state index in [-0.39, 0.29) is 5.91 Å². The zero-order valence-corrected chi connectivity index (χ0v) is 11.1. The summed E-state index contributed by atoms with van der Waals surface area (Å²) < 4.78 is 1.77. The number of nitrogens with one attached hydrogen (secondary N) is 1. The number of carbonyl (C=O) groups excluding carboxylic acids is 1. The number of hydrogen-bond acceptors (Lipinski definition) is 3. The normalized spacial score (nSPS) is 13.9. The fourth-order valence-electron chi connectivity index (χ4n) is 2.40. The molecule has 0 saturated carbocycles. The summed E-state index contributed by atoms with van der Waals surface area (Å²) in [6.45, 7) is 3.10. The lowest BCUT2D eigenvalue weighted by Crippen LogP contribution is -2.37. The Bertz CT molecular complexity index is 632. The summed E-state index contributed by atoms with van der Waals surface area (Å²) >= 11 is 0. The maximum absolute atomic E-state index is 11.7. The first-order chi connectivity index (χ1) is 9.15. The Kier molecular flexibility index (Phi) is 2.74. The molecule has 0 fully saturated rings. The third kappa shape index (κ3) is 2.07. The highest BCUT2D eigenvalue weighted by atomic mass is 16.2. The molecule has 0 atom stereocenters. The van der Waals surface area contributed by atoms with Crippen LogP contribution in [0.15, 0.2) is 30.6 Å². The summed E-state index contributed by atoms with van der Waals surface area (Å²) in [5.74, 6) is 0.0751. The summed E-state index contributed by atoms with van der Waals surface area (Å²) in [5, 5.41) is 7.50. The molecule has 0 bridgehead atoms. The van der Waals surface area contributed by atoms with Gasteiger partial charge in [-0.05, 0) is 17.7 Å². The molecule has 98 valence electrons. The monoisotopic (exact) mass is 256 g/mol. The number of amides is 1. The molecule has 1 aliphatic rings. The second kappa shape index (κ2) is 4.42. The number of carbonyl (C=O) groups is 1. The zero-order chi connectivity index (χ0) is 13.4. The van der Waals surface area contributed by atoms with Gasteiger partial charge in [0.05, 0.1) is 17.6 Å². The van der Waals surface area contributed by atoms with Crippen LogP contribution in [0.25, 0.3) is 11.1 Å². The van der Waals surface area contributed by atoms with Crippen molar-refractivity contribution in [2.75, 3.05) is 23.3 Å². The van der Waals surface area contributed by atoms with E-state index >= 15 is 0 Å². The van der Waals surface area contributed by atoms with Crippen LogP contribution >= 0.6 is 0 Å². The van der Waals surface area contributed by atoms with E-state index in [1.54, 1.807) is 11.6 Å². The van der Waals surface area contributed by atoms with Crippen LogP contribution in [0.2, 0.25) is 0 Å². The molecular formula is C14H16N4O. The fourth-order valence-corrected chi connectivity index (χ4v) is 2.40. The maximum atomic E-state index is 11.7. The van der Waals surface area contributed by atoms with Crippen LogP contribution in [0.3, 0.4) is 0 Å². The van der Waals surface area contributed by atoms with Gasteiger partial charge in [-0.25, -0.2) is 0 Å². The summed E-state index contributed by atoms with van der Waals surface area (Å²) in [6.07, 6.45) is 3.80. The van der Waals surface area contributed by atoms with Crippen molar-refractivity contribution in [2.45, 2.75) is 6.92 Å². The first-order valence-corrected chi connectivity index (χ1v) is 6.30. The molecule has 1 N–H and O–H groups in total. The molecule has 0 aliphatic carbocycles. The Balaban J connectivity index is 2.06. The Hall–Kier alpha value is -2.30. The Morgan fingerprint density at radius 3 is 2.89 bits per heavy atom. The van der Waals surface area contributed by atoms with Gasteiger partial charge in [-0.2, -0.15) is 5.10 Å². The van der Waals surface area contributed by atoms with E-state index in [9.17, 15) is 4.79 Å². The van der Waals surface area contributed by atoms with Gasteiger partial charge in [-0.15, -0.1) is 0 Å².